The minimum absolute atomic E-state index is 0.482. The summed E-state index contributed by atoms with van der Waals surface area (Å²) < 4.78 is 14.1. The number of benzene rings is 4. The Morgan fingerprint density at radius 1 is 0.581 bits per heavy atom. The summed E-state index contributed by atoms with van der Waals surface area (Å²) in [5.74, 6) is 0.789. The van der Waals surface area contributed by atoms with Crippen LogP contribution in [-0.2, 0) is 0 Å². The van der Waals surface area contributed by atoms with E-state index in [1.165, 1.54) is 10.4 Å². The van der Waals surface area contributed by atoms with Crippen LogP contribution < -0.4 is 9.64 Å². The van der Waals surface area contributed by atoms with Crippen molar-refractivity contribution in [3.05, 3.63) is 127 Å². The van der Waals surface area contributed by atoms with Crippen LogP contribution in [0.5, 0.6) is 10.8 Å². The van der Waals surface area contributed by atoms with Gasteiger partial charge in [0.25, 0.3) is 0 Å². The highest BCUT2D eigenvalue weighted by molar-refractivity contribution is 7.17. The zero-order valence-corrected chi connectivity index (χ0v) is 17.6. The van der Waals surface area contributed by atoms with Gasteiger partial charge in [-0.05, 0) is 66.2 Å². The fourth-order valence-corrected chi connectivity index (χ4v) is 4.34. The van der Waals surface area contributed by atoms with Gasteiger partial charge in [0.2, 0.25) is 0 Å². The van der Waals surface area contributed by atoms with Gasteiger partial charge in [-0.25, -0.2) is 0 Å². The smallest absolute Gasteiger partial charge is 0.181 e. The SMILES string of the molecule is [3H]c1cccc(N(c2ccccc2)c2ccc(Oc3ccc(-c4ccccc4)s3)cc2)c1. The van der Waals surface area contributed by atoms with Crippen molar-refractivity contribution >= 4 is 28.4 Å². The normalized spacial score (nSPS) is 11.0. The summed E-state index contributed by atoms with van der Waals surface area (Å²) >= 11 is 1.63. The Morgan fingerprint density at radius 3 is 1.90 bits per heavy atom. The first-order valence-electron chi connectivity index (χ1n) is 10.6. The minimum Gasteiger partial charge on any atom is -0.447 e. The number of ether oxygens (including phenoxy) is 1. The summed E-state index contributed by atoms with van der Waals surface area (Å²) in [6.07, 6.45) is 0. The maximum atomic E-state index is 8.03. The molecule has 0 fully saturated rings. The fraction of sp³-hybridized carbons (Fsp3) is 0. The van der Waals surface area contributed by atoms with Crippen LogP contribution in [0.2, 0.25) is 0 Å². The first-order valence-corrected chi connectivity index (χ1v) is 10.9. The third kappa shape index (κ3) is 4.37. The molecule has 0 unspecified atom stereocenters. The van der Waals surface area contributed by atoms with Crippen molar-refractivity contribution in [3.8, 4) is 21.3 Å². The van der Waals surface area contributed by atoms with Crippen molar-refractivity contribution in [2.45, 2.75) is 0 Å². The Labute approximate surface area is 188 Å². The molecule has 2 nitrogen and oxygen atoms in total. The molecule has 5 rings (SSSR count). The van der Waals surface area contributed by atoms with Crippen molar-refractivity contribution in [3.63, 3.8) is 0 Å². The maximum Gasteiger partial charge on any atom is 0.181 e. The molecule has 4 aromatic carbocycles. The van der Waals surface area contributed by atoms with Gasteiger partial charge in [-0.1, -0.05) is 78.0 Å². The van der Waals surface area contributed by atoms with Gasteiger partial charge in [-0.2, -0.15) is 0 Å². The van der Waals surface area contributed by atoms with E-state index in [-0.39, 0.29) is 0 Å². The van der Waals surface area contributed by atoms with Gasteiger partial charge in [0.1, 0.15) is 5.75 Å². The van der Waals surface area contributed by atoms with Crippen LogP contribution in [-0.4, -0.2) is 0 Å². The van der Waals surface area contributed by atoms with E-state index in [9.17, 15) is 0 Å². The van der Waals surface area contributed by atoms with E-state index >= 15 is 0 Å². The first-order chi connectivity index (χ1) is 15.8. The second kappa shape index (κ2) is 8.90. The molecule has 1 aromatic heterocycles. The average molecular weight is 422 g/mol. The van der Waals surface area contributed by atoms with Crippen LogP contribution in [0.3, 0.4) is 0 Å². The lowest BCUT2D eigenvalue weighted by Gasteiger charge is -2.25. The van der Waals surface area contributed by atoms with Crippen LogP contribution in [0, 0.1) is 0 Å². The zero-order valence-electron chi connectivity index (χ0n) is 17.8. The number of para-hydroxylation sites is 2. The molecule has 0 aliphatic heterocycles. The second-order valence-corrected chi connectivity index (χ2v) is 8.06. The molecule has 150 valence electrons. The predicted molar refractivity (Wildman–Crippen MR) is 131 cm³/mol. The number of rotatable bonds is 6. The Bertz CT molecular complexity index is 1300. The summed E-state index contributed by atoms with van der Waals surface area (Å²) in [7, 11) is 0. The molecule has 0 N–H and O–H groups in total. The van der Waals surface area contributed by atoms with E-state index in [2.05, 4.69) is 35.2 Å². The maximum absolute atomic E-state index is 8.03. The standard InChI is InChI=1S/C28H21NOS/c1-4-10-22(11-5-1)27-20-21-28(31-27)30-26-18-16-25(17-19-26)29(23-12-6-2-7-13-23)24-14-8-3-9-15-24/h1-21H/i6T. The van der Waals surface area contributed by atoms with E-state index < -0.39 is 0 Å². The summed E-state index contributed by atoms with van der Waals surface area (Å²) in [6.45, 7) is 0. The van der Waals surface area contributed by atoms with Crippen molar-refractivity contribution in [1.82, 2.24) is 0 Å². The van der Waals surface area contributed by atoms with Gasteiger partial charge in [0, 0.05) is 21.9 Å². The summed E-state index contributed by atoms with van der Waals surface area (Å²) in [5, 5.41) is 0.860. The molecule has 0 aliphatic rings. The fourth-order valence-electron chi connectivity index (χ4n) is 3.46. The highest BCUT2D eigenvalue weighted by Crippen LogP contribution is 2.38. The van der Waals surface area contributed by atoms with Gasteiger partial charge in [0.05, 0.1) is 1.37 Å². The lowest BCUT2D eigenvalue weighted by atomic mass is 10.2. The van der Waals surface area contributed by atoms with E-state index in [4.69, 9.17) is 6.11 Å². The van der Waals surface area contributed by atoms with Gasteiger partial charge in [0.15, 0.2) is 5.06 Å². The molecule has 0 saturated carbocycles. The van der Waals surface area contributed by atoms with Crippen molar-refractivity contribution in [2.24, 2.45) is 0 Å². The Hall–Kier alpha value is -3.82. The van der Waals surface area contributed by atoms with Crippen LogP contribution in [0.1, 0.15) is 1.37 Å². The Morgan fingerprint density at radius 2 is 1.19 bits per heavy atom. The number of hydrogen-bond donors (Lipinski definition) is 0. The second-order valence-electron chi connectivity index (χ2n) is 7.01. The molecule has 0 atom stereocenters. The van der Waals surface area contributed by atoms with Crippen LogP contribution in [0.15, 0.2) is 127 Å². The average Bonchev–Trinajstić information content (AvgIpc) is 3.30. The minimum atomic E-state index is 0.482. The molecule has 0 spiro atoms. The molecule has 5 aromatic rings. The topological polar surface area (TPSA) is 12.5 Å². The number of thiophene rings is 1. The van der Waals surface area contributed by atoms with E-state index in [1.54, 1.807) is 17.4 Å². The van der Waals surface area contributed by atoms with Gasteiger partial charge >= 0.3 is 0 Å². The third-order valence-electron chi connectivity index (χ3n) is 4.92. The van der Waals surface area contributed by atoms with Crippen molar-refractivity contribution in [2.75, 3.05) is 4.90 Å². The third-order valence-corrected chi connectivity index (χ3v) is 5.93. The number of hydrogen-bond acceptors (Lipinski definition) is 3. The first kappa shape index (κ1) is 18.0. The molecule has 0 aliphatic carbocycles. The Balaban J connectivity index is 1.41. The van der Waals surface area contributed by atoms with Crippen LogP contribution in [0.25, 0.3) is 10.4 Å². The van der Waals surface area contributed by atoms with Gasteiger partial charge in [-0.15, -0.1) is 0 Å². The summed E-state index contributed by atoms with van der Waals surface area (Å²) in [5.41, 5.74) is 4.18. The molecule has 31 heavy (non-hydrogen) atoms. The van der Waals surface area contributed by atoms with Crippen LogP contribution in [0.4, 0.5) is 17.1 Å². The largest absolute Gasteiger partial charge is 0.447 e. The highest BCUT2D eigenvalue weighted by atomic mass is 32.1. The Kier molecular flexibility index (Phi) is 5.17. The molecule has 0 bridgehead atoms. The highest BCUT2D eigenvalue weighted by Gasteiger charge is 2.12. The van der Waals surface area contributed by atoms with Gasteiger partial charge in [-0.3, -0.25) is 0 Å². The monoisotopic (exact) mass is 421 g/mol. The molecule has 3 heteroatoms. The quantitative estimate of drug-likeness (QED) is 0.272. The zero-order chi connectivity index (χ0) is 21.8. The molecule has 0 saturated heterocycles. The lowest BCUT2D eigenvalue weighted by molar-refractivity contribution is 0.496. The van der Waals surface area contributed by atoms with E-state index in [0.717, 1.165) is 27.9 Å². The molecule has 0 amide bonds. The number of nitrogens with zero attached hydrogens (tertiary/aromatic N) is 1. The molecular formula is C28H21NOS. The molecule has 1 heterocycles. The molecular weight excluding hydrogens is 398 g/mol. The van der Waals surface area contributed by atoms with Crippen LogP contribution >= 0.6 is 11.3 Å². The predicted octanol–water partition coefficient (Wildman–Crippen LogP) is 8.68. The molecule has 0 radical (unpaired) electrons. The van der Waals surface area contributed by atoms with E-state index in [0.29, 0.717) is 6.04 Å². The lowest BCUT2D eigenvalue weighted by Crippen LogP contribution is -2.09. The number of anilines is 3. The van der Waals surface area contributed by atoms with Crippen molar-refractivity contribution in [1.29, 1.82) is 0 Å². The van der Waals surface area contributed by atoms with E-state index in [1.807, 2.05) is 84.9 Å². The van der Waals surface area contributed by atoms with Gasteiger partial charge < -0.3 is 9.64 Å². The summed E-state index contributed by atoms with van der Waals surface area (Å²) in [4.78, 5) is 3.32. The van der Waals surface area contributed by atoms with Crippen molar-refractivity contribution < 1.29 is 6.11 Å². The summed E-state index contributed by atoms with van der Waals surface area (Å²) in [6, 6.07) is 40.7.